The number of aliphatic hydroxyl groups excluding tert-OH is 1. The summed E-state index contributed by atoms with van der Waals surface area (Å²) in [4.78, 5) is 29.0. The summed E-state index contributed by atoms with van der Waals surface area (Å²) in [6, 6.07) is 11.7. The maximum absolute atomic E-state index is 12.4. The number of nitrogens with zero attached hydrogens (tertiary/aromatic N) is 2. The number of benzene rings is 2. The number of nitrogens with one attached hydrogen (secondary N) is 2. The van der Waals surface area contributed by atoms with Gasteiger partial charge in [-0.1, -0.05) is 30.8 Å². The summed E-state index contributed by atoms with van der Waals surface area (Å²) in [5.74, 6) is -0.967. The molecule has 8 heteroatoms. The molecule has 2 atom stereocenters. The second-order valence-corrected chi connectivity index (χ2v) is 7.37. The molecule has 0 bridgehead atoms. The Morgan fingerprint density at radius 1 is 1.23 bits per heavy atom. The molecule has 2 heterocycles. The average molecular weight is 405 g/mol. The number of aromatic nitrogens is 1. The fourth-order valence-electron chi connectivity index (χ4n) is 3.54. The van der Waals surface area contributed by atoms with Gasteiger partial charge in [0.05, 0.1) is 18.8 Å². The third-order valence-corrected chi connectivity index (χ3v) is 5.25. The zero-order valence-electron chi connectivity index (χ0n) is 16.6. The van der Waals surface area contributed by atoms with Gasteiger partial charge in [0.25, 0.3) is 0 Å². The smallest absolute Gasteiger partial charge is 0.246 e. The molecule has 154 valence electrons. The van der Waals surface area contributed by atoms with Crippen molar-refractivity contribution in [2.45, 2.75) is 25.6 Å². The molecular weight excluding hydrogens is 382 g/mol. The van der Waals surface area contributed by atoms with Crippen LogP contribution in [-0.4, -0.2) is 40.2 Å². The summed E-state index contributed by atoms with van der Waals surface area (Å²) in [5, 5.41) is 17.3. The molecule has 2 amide bonds. The van der Waals surface area contributed by atoms with Gasteiger partial charge in [0.2, 0.25) is 11.8 Å². The van der Waals surface area contributed by atoms with Gasteiger partial charge in [-0.3, -0.25) is 9.59 Å². The third-order valence-electron chi connectivity index (χ3n) is 5.25. The first-order valence-electron chi connectivity index (χ1n) is 9.64. The van der Waals surface area contributed by atoms with Crippen molar-refractivity contribution in [3.63, 3.8) is 0 Å². The summed E-state index contributed by atoms with van der Waals surface area (Å²) in [6.07, 6.45) is 0. The molecule has 30 heavy (non-hydrogen) atoms. The van der Waals surface area contributed by atoms with Gasteiger partial charge in [0.1, 0.15) is 17.6 Å². The van der Waals surface area contributed by atoms with Crippen LogP contribution < -0.4 is 27.2 Å². The molecule has 0 aliphatic carbocycles. The Kier molecular flexibility index (Phi) is 5.11. The number of carbonyl (C=O) groups excluding carboxylic acids is 2. The molecule has 8 nitrogen and oxygen atoms in total. The molecule has 1 aliphatic rings. The summed E-state index contributed by atoms with van der Waals surface area (Å²) in [5.41, 5.74) is 8.76. The lowest BCUT2D eigenvalue weighted by Crippen LogP contribution is -2.49. The second kappa shape index (κ2) is 7.74. The number of fused-ring (bicyclic) bond motifs is 4. The van der Waals surface area contributed by atoms with Gasteiger partial charge in [0.15, 0.2) is 0 Å². The number of nitrogens with two attached hydrogens (primary N) is 1. The first-order valence-corrected chi connectivity index (χ1v) is 9.64. The average Bonchev–Trinajstić information content (AvgIpc) is 3.03. The van der Waals surface area contributed by atoms with Crippen LogP contribution in [0, 0.1) is 0 Å². The minimum Gasteiger partial charge on any atom is -0.394 e. The molecular formula is C22H23N5O3. The molecule has 5 N–H and O–H groups in total. The molecule has 1 aliphatic heterocycles. The van der Waals surface area contributed by atoms with Crippen LogP contribution in [0.3, 0.4) is 0 Å². The van der Waals surface area contributed by atoms with Crippen LogP contribution in [0.2, 0.25) is 0 Å². The number of amides is 2. The Morgan fingerprint density at radius 2 is 1.97 bits per heavy atom. The summed E-state index contributed by atoms with van der Waals surface area (Å²) in [7, 11) is 0. The van der Waals surface area contributed by atoms with Gasteiger partial charge in [-0.25, -0.2) is 4.99 Å². The third kappa shape index (κ3) is 3.47. The monoisotopic (exact) mass is 405 g/mol. The van der Waals surface area contributed by atoms with Crippen molar-refractivity contribution in [3.8, 4) is 0 Å². The van der Waals surface area contributed by atoms with Gasteiger partial charge in [-0.05, 0) is 30.7 Å². The van der Waals surface area contributed by atoms with Crippen LogP contribution in [0.1, 0.15) is 12.5 Å². The highest BCUT2D eigenvalue weighted by atomic mass is 16.3. The number of aliphatic hydroxyl groups is 1. The van der Waals surface area contributed by atoms with E-state index < -0.39 is 24.6 Å². The first kappa shape index (κ1) is 19.8. The predicted octanol–water partition coefficient (Wildman–Crippen LogP) is 0.127. The standard InChI is InChI=1S/C22H23N5O3/c1-12(24-22(30)18(23)11-28)21(29)25-15-7-8-19-14(9-15)10-27-13(2)16-5-3-4-6-17(16)20(27)26-19/h3-9,12,18,28H,2,10-11,23H2,1H3,(H,24,30)(H,25,29)/t12-,18+/m1/s1. The first-order chi connectivity index (χ1) is 14.4. The van der Waals surface area contributed by atoms with Crippen molar-refractivity contribution in [1.82, 2.24) is 9.88 Å². The van der Waals surface area contributed by atoms with Crippen LogP contribution in [0.15, 0.2) is 47.5 Å². The molecule has 1 aromatic heterocycles. The Balaban J connectivity index is 1.56. The molecule has 0 spiro atoms. The molecule has 0 saturated heterocycles. The van der Waals surface area contributed by atoms with Crippen molar-refractivity contribution >= 4 is 40.5 Å². The van der Waals surface area contributed by atoms with E-state index in [9.17, 15) is 9.59 Å². The van der Waals surface area contributed by atoms with Crippen molar-refractivity contribution in [3.05, 3.63) is 58.9 Å². The fourth-order valence-corrected chi connectivity index (χ4v) is 3.54. The van der Waals surface area contributed by atoms with E-state index in [0.29, 0.717) is 12.2 Å². The van der Waals surface area contributed by atoms with Gasteiger partial charge < -0.3 is 26.0 Å². The molecule has 0 unspecified atom stereocenters. The van der Waals surface area contributed by atoms with E-state index in [-0.39, 0.29) is 5.91 Å². The van der Waals surface area contributed by atoms with E-state index in [1.165, 1.54) is 0 Å². The number of rotatable bonds is 5. The van der Waals surface area contributed by atoms with Crippen LogP contribution in [0.4, 0.5) is 11.4 Å². The Bertz CT molecular complexity index is 1260. The second-order valence-electron chi connectivity index (χ2n) is 7.37. The fraction of sp³-hybridized carbons (Fsp3) is 0.227. The Labute approximate surface area is 172 Å². The minimum atomic E-state index is -1.06. The lowest BCUT2D eigenvalue weighted by atomic mass is 10.1. The molecule has 0 radical (unpaired) electrons. The van der Waals surface area contributed by atoms with E-state index in [1.807, 2.05) is 36.4 Å². The van der Waals surface area contributed by atoms with Gasteiger partial charge in [0, 0.05) is 21.8 Å². The quantitative estimate of drug-likeness (QED) is 0.377. The van der Waals surface area contributed by atoms with E-state index in [1.54, 1.807) is 13.0 Å². The summed E-state index contributed by atoms with van der Waals surface area (Å²) < 4.78 is 2.07. The minimum absolute atomic E-state index is 0.383. The maximum atomic E-state index is 12.4. The normalized spacial score (nSPS) is 14.2. The van der Waals surface area contributed by atoms with Crippen molar-refractivity contribution < 1.29 is 14.7 Å². The Morgan fingerprint density at radius 3 is 2.70 bits per heavy atom. The molecule has 2 aromatic carbocycles. The predicted molar refractivity (Wildman–Crippen MR) is 115 cm³/mol. The van der Waals surface area contributed by atoms with Crippen LogP contribution in [0.25, 0.3) is 17.4 Å². The molecule has 0 fully saturated rings. The number of hydrogen-bond acceptors (Lipinski definition) is 5. The van der Waals surface area contributed by atoms with Crippen molar-refractivity contribution in [1.29, 1.82) is 0 Å². The number of carbonyl (C=O) groups is 2. The number of hydrogen-bond donors (Lipinski definition) is 4. The van der Waals surface area contributed by atoms with Gasteiger partial charge in [-0.2, -0.15) is 0 Å². The molecule has 3 aromatic rings. The van der Waals surface area contributed by atoms with Crippen LogP contribution in [0.5, 0.6) is 0 Å². The zero-order valence-corrected chi connectivity index (χ0v) is 16.6. The summed E-state index contributed by atoms with van der Waals surface area (Å²) >= 11 is 0. The van der Waals surface area contributed by atoms with Gasteiger partial charge in [-0.15, -0.1) is 0 Å². The van der Waals surface area contributed by atoms with E-state index >= 15 is 0 Å². The van der Waals surface area contributed by atoms with E-state index in [2.05, 4.69) is 21.8 Å². The Hall–Kier alpha value is -3.49. The van der Waals surface area contributed by atoms with Crippen LogP contribution >= 0.6 is 0 Å². The zero-order chi connectivity index (χ0) is 21.4. The van der Waals surface area contributed by atoms with Crippen LogP contribution in [-0.2, 0) is 16.1 Å². The SMILES string of the molecule is C=c1c2ccccc2c2n1Cc1cc(NC(=O)[C@@H](C)NC(=O)[C@@H](N)CO)ccc1N=2. The molecule has 4 rings (SSSR count). The molecule has 0 saturated carbocycles. The highest BCUT2D eigenvalue weighted by Gasteiger charge is 2.20. The highest BCUT2D eigenvalue weighted by Crippen LogP contribution is 2.26. The largest absolute Gasteiger partial charge is 0.394 e. The van der Waals surface area contributed by atoms with E-state index in [4.69, 9.17) is 15.8 Å². The van der Waals surface area contributed by atoms with Crippen molar-refractivity contribution in [2.24, 2.45) is 10.7 Å². The highest BCUT2D eigenvalue weighted by molar-refractivity contribution is 5.97. The lowest BCUT2D eigenvalue weighted by Gasteiger charge is -2.18. The number of anilines is 1. The van der Waals surface area contributed by atoms with Crippen molar-refractivity contribution in [2.75, 3.05) is 11.9 Å². The van der Waals surface area contributed by atoms with Gasteiger partial charge >= 0.3 is 0 Å². The maximum Gasteiger partial charge on any atom is 0.246 e. The topological polar surface area (TPSA) is 122 Å². The lowest BCUT2D eigenvalue weighted by molar-refractivity contribution is -0.127. The van der Waals surface area contributed by atoms with E-state index in [0.717, 1.165) is 32.9 Å². The summed E-state index contributed by atoms with van der Waals surface area (Å²) in [6.45, 7) is 5.87.